The fourth-order valence-electron chi connectivity index (χ4n) is 1.67. The van der Waals surface area contributed by atoms with Gasteiger partial charge in [-0.25, -0.2) is 13.2 Å². The molecule has 1 heterocycles. The zero-order chi connectivity index (χ0) is 15.3. The van der Waals surface area contributed by atoms with Crippen LogP contribution in [0.5, 0.6) is 0 Å². The van der Waals surface area contributed by atoms with Crippen LogP contribution in [0.3, 0.4) is 0 Å². The number of carboxylic acid groups (broad SMARTS) is 1. The number of carbonyl (C=O) groups is 1. The summed E-state index contributed by atoms with van der Waals surface area (Å²) in [6.45, 7) is 1.38. The molecule has 0 bridgehead atoms. The highest BCUT2D eigenvalue weighted by Crippen LogP contribution is 2.50. The van der Waals surface area contributed by atoms with Crippen molar-refractivity contribution in [2.24, 2.45) is 0 Å². The summed E-state index contributed by atoms with van der Waals surface area (Å²) in [5.74, 6) is -1.31. The minimum Gasteiger partial charge on any atom is -0.477 e. The van der Waals surface area contributed by atoms with Crippen molar-refractivity contribution in [3.63, 3.8) is 0 Å². The molecule has 0 atom stereocenters. The second-order valence-electron chi connectivity index (χ2n) is 4.57. The first-order valence-electron chi connectivity index (χ1n) is 5.43. The molecule has 1 aromatic rings. The molecule has 1 saturated carbocycles. The van der Waals surface area contributed by atoms with Crippen molar-refractivity contribution in [3.05, 3.63) is 16.5 Å². The Labute approximate surface area is 116 Å². The Hall–Kier alpha value is -1.13. The normalized spacial score (nSPS) is 18.0. The number of aromatic carboxylic acids is 1. The van der Waals surface area contributed by atoms with E-state index in [1.807, 2.05) is 0 Å². The topological polar surface area (TPSA) is 83.5 Å². The van der Waals surface area contributed by atoms with Crippen molar-refractivity contribution in [1.29, 1.82) is 0 Å². The molecule has 2 rings (SSSR count). The van der Waals surface area contributed by atoms with E-state index in [2.05, 4.69) is 0 Å². The second kappa shape index (κ2) is 4.43. The van der Waals surface area contributed by atoms with E-state index in [-0.39, 0.29) is 23.3 Å². The van der Waals surface area contributed by atoms with Gasteiger partial charge in [-0.15, -0.1) is 11.3 Å². The number of rotatable bonds is 4. The van der Waals surface area contributed by atoms with Gasteiger partial charge in [-0.1, -0.05) is 0 Å². The average molecular weight is 329 g/mol. The van der Waals surface area contributed by atoms with Gasteiger partial charge in [-0.2, -0.15) is 17.9 Å². The minimum atomic E-state index is -4.66. The standard InChI is InChI=1S/C10H10F3NO4S2/c1-5-4-6(19-7(5)8(15)16)20(17,18)14-9(2-3-9)10(11,12)13/h4,14H,2-3H2,1H3,(H,15,16). The summed E-state index contributed by atoms with van der Waals surface area (Å²) in [6, 6.07) is 1.06. The van der Waals surface area contributed by atoms with Gasteiger partial charge in [0.05, 0.1) is 0 Å². The highest BCUT2D eigenvalue weighted by molar-refractivity contribution is 7.91. The van der Waals surface area contributed by atoms with Gasteiger partial charge in [0.25, 0.3) is 10.0 Å². The first-order chi connectivity index (χ1) is 8.98. The predicted molar refractivity (Wildman–Crippen MR) is 64.4 cm³/mol. The molecule has 0 saturated heterocycles. The summed E-state index contributed by atoms with van der Waals surface area (Å²) in [5, 5.41) is 8.83. The van der Waals surface area contributed by atoms with Crippen LogP contribution in [0.2, 0.25) is 0 Å². The number of nitrogens with one attached hydrogen (secondary N) is 1. The molecule has 1 aliphatic rings. The van der Waals surface area contributed by atoms with E-state index in [0.717, 1.165) is 6.07 Å². The van der Waals surface area contributed by atoms with E-state index >= 15 is 0 Å². The molecule has 20 heavy (non-hydrogen) atoms. The lowest BCUT2D eigenvalue weighted by Gasteiger charge is -2.19. The minimum absolute atomic E-state index is 0.194. The number of hydrogen-bond donors (Lipinski definition) is 2. The van der Waals surface area contributed by atoms with Gasteiger partial charge in [-0.05, 0) is 31.4 Å². The smallest absolute Gasteiger partial charge is 0.407 e. The summed E-state index contributed by atoms with van der Waals surface area (Å²) >= 11 is 0.436. The second-order valence-corrected chi connectivity index (χ2v) is 7.53. The molecule has 5 nitrogen and oxygen atoms in total. The van der Waals surface area contributed by atoms with Crippen LogP contribution in [0, 0.1) is 6.92 Å². The van der Waals surface area contributed by atoms with Gasteiger partial charge in [0, 0.05) is 0 Å². The van der Waals surface area contributed by atoms with E-state index < -0.39 is 31.9 Å². The molecule has 10 heteroatoms. The number of aryl methyl sites for hydroxylation is 1. The third-order valence-corrected chi connectivity index (χ3v) is 6.21. The molecular formula is C10H10F3NO4S2. The van der Waals surface area contributed by atoms with E-state index in [1.165, 1.54) is 6.92 Å². The summed E-state index contributed by atoms with van der Waals surface area (Å²) in [6.07, 6.45) is -5.29. The first-order valence-corrected chi connectivity index (χ1v) is 7.73. The maximum Gasteiger partial charge on any atom is 0.407 e. The molecule has 1 aliphatic carbocycles. The average Bonchev–Trinajstić information content (AvgIpc) is 2.91. The van der Waals surface area contributed by atoms with Gasteiger partial charge in [-0.3, -0.25) is 0 Å². The van der Waals surface area contributed by atoms with Crippen molar-refractivity contribution >= 4 is 27.3 Å². The predicted octanol–water partition coefficient (Wildman–Crippen LogP) is 2.13. The fourth-order valence-corrected chi connectivity index (χ4v) is 4.50. The Balaban J connectivity index is 2.33. The molecule has 0 amide bonds. The molecule has 0 unspecified atom stereocenters. The third kappa shape index (κ3) is 2.54. The molecule has 112 valence electrons. The maximum atomic E-state index is 12.7. The molecule has 1 fully saturated rings. The van der Waals surface area contributed by atoms with Crippen LogP contribution >= 0.6 is 11.3 Å². The summed E-state index contributed by atoms with van der Waals surface area (Å²) < 4.78 is 63.3. The van der Waals surface area contributed by atoms with E-state index in [4.69, 9.17) is 5.11 Å². The molecule has 0 aromatic carbocycles. The van der Waals surface area contributed by atoms with Crippen LogP contribution in [0.25, 0.3) is 0 Å². The van der Waals surface area contributed by atoms with Crippen LogP contribution in [0.1, 0.15) is 28.1 Å². The Bertz CT molecular complexity index is 659. The molecule has 0 aliphatic heterocycles. The maximum absolute atomic E-state index is 12.7. The van der Waals surface area contributed by atoms with Gasteiger partial charge in [0.15, 0.2) is 0 Å². The van der Waals surface area contributed by atoms with E-state index in [9.17, 15) is 26.4 Å². The number of halogens is 3. The third-order valence-electron chi connectivity index (χ3n) is 2.98. The molecule has 1 aromatic heterocycles. The highest BCUT2D eigenvalue weighted by atomic mass is 32.2. The van der Waals surface area contributed by atoms with Gasteiger partial charge in [0.2, 0.25) is 0 Å². The summed E-state index contributed by atoms with van der Waals surface area (Å²) in [7, 11) is -4.39. The summed E-state index contributed by atoms with van der Waals surface area (Å²) in [5.41, 5.74) is -2.22. The van der Waals surface area contributed by atoms with Crippen molar-refractivity contribution in [1.82, 2.24) is 4.72 Å². The number of sulfonamides is 1. The zero-order valence-corrected chi connectivity index (χ0v) is 11.7. The van der Waals surface area contributed by atoms with Gasteiger partial charge >= 0.3 is 12.1 Å². The Morgan fingerprint density at radius 2 is 2.00 bits per heavy atom. The molecule has 0 spiro atoms. The van der Waals surface area contributed by atoms with Crippen LogP contribution in [-0.2, 0) is 10.0 Å². The lowest BCUT2D eigenvalue weighted by molar-refractivity contribution is -0.160. The SMILES string of the molecule is Cc1cc(S(=O)(=O)NC2(C(F)(F)F)CC2)sc1C(=O)O. The number of hydrogen-bond acceptors (Lipinski definition) is 4. The van der Waals surface area contributed by atoms with Gasteiger partial charge in [0.1, 0.15) is 14.6 Å². The lowest BCUT2D eigenvalue weighted by Crippen LogP contribution is -2.47. The largest absolute Gasteiger partial charge is 0.477 e. The quantitative estimate of drug-likeness (QED) is 0.886. The first kappa shape index (κ1) is 15.3. The highest BCUT2D eigenvalue weighted by Gasteiger charge is 2.65. The molecule has 2 N–H and O–H groups in total. The summed E-state index contributed by atoms with van der Waals surface area (Å²) in [4.78, 5) is 10.6. The number of thiophene rings is 1. The zero-order valence-electron chi connectivity index (χ0n) is 10.1. The van der Waals surface area contributed by atoms with Crippen molar-refractivity contribution in [2.45, 2.75) is 35.7 Å². The monoisotopic (exact) mass is 329 g/mol. The van der Waals surface area contributed by atoms with E-state index in [1.54, 1.807) is 4.72 Å². The van der Waals surface area contributed by atoms with Gasteiger partial charge < -0.3 is 5.11 Å². The number of alkyl halides is 3. The molecular weight excluding hydrogens is 319 g/mol. The van der Waals surface area contributed by atoms with Crippen molar-refractivity contribution in [3.8, 4) is 0 Å². The Kier molecular flexibility index (Phi) is 3.38. The lowest BCUT2D eigenvalue weighted by atomic mass is 10.3. The van der Waals surface area contributed by atoms with Crippen molar-refractivity contribution in [2.75, 3.05) is 0 Å². The van der Waals surface area contributed by atoms with Crippen LogP contribution in [0.4, 0.5) is 13.2 Å². The van der Waals surface area contributed by atoms with Crippen molar-refractivity contribution < 1.29 is 31.5 Å². The van der Waals surface area contributed by atoms with Crippen LogP contribution in [-0.4, -0.2) is 31.2 Å². The van der Waals surface area contributed by atoms with Crippen LogP contribution < -0.4 is 4.72 Å². The van der Waals surface area contributed by atoms with Crippen LogP contribution in [0.15, 0.2) is 10.3 Å². The van der Waals surface area contributed by atoms with E-state index in [0.29, 0.717) is 11.3 Å². The number of carboxylic acids is 1. The fraction of sp³-hybridized carbons (Fsp3) is 0.500. The Morgan fingerprint density at radius 3 is 2.35 bits per heavy atom. The molecule has 0 radical (unpaired) electrons. The Morgan fingerprint density at radius 1 is 1.45 bits per heavy atom.